The van der Waals surface area contributed by atoms with Crippen LogP contribution in [0.25, 0.3) is 0 Å². The molecular formula is C27H50N4O18. The van der Waals surface area contributed by atoms with Gasteiger partial charge in [0.15, 0.2) is 25.2 Å². The summed E-state index contributed by atoms with van der Waals surface area (Å²) in [4.78, 5) is 12.2. The first-order valence-corrected chi connectivity index (χ1v) is 15.7. The zero-order chi connectivity index (χ0) is 36.3. The molecule has 0 saturated carbocycles. The number of rotatable bonds is 12. The Labute approximate surface area is 280 Å². The number of methoxy groups -OCH3 is 1. The van der Waals surface area contributed by atoms with Gasteiger partial charge >= 0.3 is 0 Å². The third-order valence-electron chi connectivity index (χ3n) is 9.09. The Morgan fingerprint density at radius 1 is 0.592 bits per heavy atom. The van der Waals surface area contributed by atoms with Gasteiger partial charge in [0, 0.05) is 14.0 Å². The van der Waals surface area contributed by atoms with Crippen LogP contribution < -0.4 is 22.5 Å². The molecule has 0 spiro atoms. The van der Waals surface area contributed by atoms with Crippen LogP contribution in [-0.2, 0) is 42.7 Å². The lowest BCUT2D eigenvalue weighted by molar-refractivity contribution is -0.360. The first-order chi connectivity index (χ1) is 23.2. The van der Waals surface area contributed by atoms with Crippen molar-refractivity contribution in [3.63, 3.8) is 0 Å². The average Bonchev–Trinajstić information content (AvgIpc) is 3.08. The number of aliphatic hydroxyl groups is 9. The van der Waals surface area contributed by atoms with Gasteiger partial charge in [-0.25, -0.2) is 0 Å². The molecule has 4 aliphatic rings. The van der Waals surface area contributed by atoms with Gasteiger partial charge in [-0.2, -0.15) is 0 Å². The summed E-state index contributed by atoms with van der Waals surface area (Å²) in [5, 5.41) is 96.1. The quantitative estimate of drug-likeness (QED) is 0.0890. The highest BCUT2D eigenvalue weighted by Gasteiger charge is 2.55. The third-order valence-corrected chi connectivity index (χ3v) is 9.09. The molecule has 0 aliphatic carbocycles. The number of nitrogens with one attached hydrogen (secondary N) is 1. The summed E-state index contributed by atoms with van der Waals surface area (Å²) in [6, 6.07) is -5.50. The minimum absolute atomic E-state index is 0.584. The summed E-state index contributed by atoms with van der Waals surface area (Å²) in [5.41, 5.74) is 18.1. The van der Waals surface area contributed by atoms with Crippen LogP contribution >= 0.6 is 0 Å². The van der Waals surface area contributed by atoms with Crippen LogP contribution in [0.2, 0.25) is 0 Å². The molecule has 4 fully saturated rings. The van der Waals surface area contributed by atoms with E-state index in [4.69, 9.17) is 55.1 Å². The molecule has 0 bridgehead atoms. The topological polar surface area (TPSA) is 363 Å². The maximum Gasteiger partial charge on any atom is 0.217 e. The molecule has 0 aromatic rings. The van der Waals surface area contributed by atoms with E-state index in [0.29, 0.717) is 0 Å². The number of aliphatic hydroxyl groups excluding tert-OH is 9. The molecule has 4 saturated heterocycles. The highest BCUT2D eigenvalue weighted by molar-refractivity contribution is 5.73. The lowest BCUT2D eigenvalue weighted by Crippen LogP contribution is -2.71. The smallest absolute Gasteiger partial charge is 0.217 e. The van der Waals surface area contributed by atoms with Crippen molar-refractivity contribution in [1.82, 2.24) is 5.32 Å². The molecule has 0 radical (unpaired) electrons. The van der Waals surface area contributed by atoms with E-state index >= 15 is 0 Å². The van der Waals surface area contributed by atoms with Crippen LogP contribution in [0.3, 0.4) is 0 Å². The van der Waals surface area contributed by atoms with Gasteiger partial charge in [0.25, 0.3) is 0 Å². The Bertz CT molecular complexity index is 1050. The van der Waals surface area contributed by atoms with Gasteiger partial charge in [-0.3, -0.25) is 4.79 Å². The van der Waals surface area contributed by atoms with Gasteiger partial charge < -0.3 is 106 Å². The summed E-state index contributed by atoms with van der Waals surface area (Å²) < 4.78 is 45.2. The molecule has 4 aliphatic heterocycles. The SMILES string of the molecule is CO[C@H]1C(O)C(N)C(OC2C(CO)O[C@@H](O[C@H]3C(O)C(N)C(OC4C(CO)O[C@@H](O)[C@H](N)[C@H]4O)O[C@@H]3CO)[C@H](NC(C)=O)[C@H]2O)O[C@@H]1CO. The van der Waals surface area contributed by atoms with Gasteiger partial charge in [0.1, 0.15) is 79.3 Å². The summed E-state index contributed by atoms with van der Waals surface area (Å²) in [7, 11) is 1.28. The molecule has 49 heavy (non-hydrogen) atoms. The van der Waals surface area contributed by atoms with E-state index in [1.54, 1.807) is 0 Å². The summed E-state index contributed by atoms with van der Waals surface area (Å²) >= 11 is 0. The van der Waals surface area contributed by atoms with Crippen molar-refractivity contribution in [3.8, 4) is 0 Å². The molecule has 0 aromatic carbocycles. The fourth-order valence-electron chi connectivity index (χ4n) is 6.35. The van der Waals surface area contributed by atoms with E-state index in [1.807, 2.05) is 0 Å². The van der Waals surface area contributed by atoms with E-state index in [-0.39, 0.29) is 0 Å². The predicted octanol–water partition coefficient (Wildman–Crippen LogP) is -9.05. The largest absolute Gasteiger partial charge is 0.394 e. The van der Waals surface area contributed by atoms with Crippen molar-refractivity contribution in [1.29, 1.82) is 0 Å². The molecule has 22 heteroatoms. The number of ether oxygens (including phenoxy) is 8. The van der Waals surface area contributed by atoms with Gasteiger partial charge in [-0.15, -0.1) is 0 Å². The van der Waals surface area contributed by atoms with E-state index in [9.17, 15) is 50.8 Å². The molecule has 0 aromatic heterocycles. The number of hydrogen-bond acceptors (Lipinski definition) is 21. The van der Waals surface area contributed by atoms with E-state index in [1.165, 1.54) is 7.11 Å². The molecule has 10 unspecified atom stereocenters. The second-order valence-electron chi connectivity index (χ2n) is 12.3. The van der Waals surface area contributed by atoms with Crippen molar-refractivity contribution in [2.45, 2.75) is 129 Å². The Kier molecular flexibility index (Phi) is 14.4. The Morgan fingerprint density at radius 2 is 0.959 bits per heavy atom. The van der Waals surface area contributed by atoms with Gasteiger partial charge in [-0.05, 0) is 0 Å². The van der Waals surface area contributed by atoms with Crippen LogP contribution in [0.5, 0.6) is 0 Å². The van der Waals surface area contributed by atoms with Crippen molar-refractivity contribution in [2.75, 3.05) is 33.5 Å². The zero-order valence-electron chi connectivity index (χ0n) is 26.8. The molecule has 20 atom stereocenters. The minimum Gasteiger partial charge on any atom is -0.394 e. The molecule has 16 N–H and O–H groups in total. The number of carbonyl (C=O) groups excluding carboxylic acids is 1. The first-order valence-electron chi connectivity index (χ1n) is 15.7. The lowest BCUT2D eigenvalue weighted by atomic mass is 9.93. The molecule has 4 rings (SSSR count). The summed E-state index contributed by atoms with van der Waals surface area (Å²) in [5.74, 6) is -0.661. The maximum absolute atomic E-state index is 12.2. The van der Waals surface area contributed by atoms with E-state index < -0.39 is 155 Å². The van der Waals surface area contributed by atoms with Crippen molar-refractivity contribution in [3.05, 3.63) is 0 Å². The first kappa shape index (κ1) is 40.4. The summed E-state index contributed by atoms with van der Waals surface area (Å²) in [6.07, 6.45) is -23.2. The van der Waals surface area contributed by atoms with Crippen molar-refractivity contribution in [2.24, 2.45) is 17.2 Å². The van der Waals surface area contributed by atoms with Crippen LogP contribution in [0.4, 0.5) is 0 Å². The Morgan fingerprint density at radius 3 is 1.41 bits per heavy atom. The third kappa shape index (κ3) is 8.50. The van der Waals surface area contributed by atoms with Gasteiger partial charge in [-0.1, -0.05) is 0 Å². The standard InChI is InChI=1S/C27H50N4O18/c1-7(36)31-15-19(40)23(48-25-13(29)17(38)20(42-2)8(3-32)44-25)11(6-35)46-27(15)49-22-10(5-34)45-26(14(30)18(22)39)47-21-9(4-33)43-24(41)12(28)16(21)37/h8-27,32-35,37-41H,3-6,28-30H2,1-2H3,(H,31,36)/t8-,9?,10-,11?,12-,13?,14?,15-,16-,17?,18?,19-,20-,21?,22-,23?,24-,25?,26?,27+/m1/s1. The van der Waals surface area contributed by atoms with Crippen molar-refractivity contribution >= 4 is 5.91 Å². The summed E-state index contributed by atoms with van der Waals surface area (Å²) in [6.45, 7) is -1.75. The van der Waals surface area contributed by atoms with E-state index in [0.717, 1.165) is 6.92 Å². The van der Waals surface area contributed by atoms with Crippen LogP contribution in [0.15, 0.2) is 0 Å². The second kappa shape index (κ2) is 17.5. The maximum atomic E-state index is 12.2. The highest BCUT2D eigenvalue weighted by atomic mass is 16.8. The van der Waals surface area contributed by atoms with Crippen LogP contribution in [0, 0.1) is 0 Å². The highest BCUT2D eigenvalue weighted by Crippen LogP contribution is 2.33. The number of amides is 1. The van der Waals surface area contributed by atoms with Gasteiger partial charge in [0.2, 0.25) is 5.91 Å². The monoisotopic (exact) mass is 718 g/mol. The number of carbonyl (C=O) groups is 1. The van der Waals surface area contributed by atoms with E-state index in [2.05, 4.69) is 5.32 Å². The lowest BCUT2D eigenvalue weighted by Gasteiger charge is -2.50. The van der Waals surface area contributed by atoms with Crippen LogP contribution in [0.1, 0.15) is 6.92 Å². The van der Waals surface area contributed by atoms with Gasteiger partial charge in [0.05, 0.1) is 44.6 Å². The van der Waals surface area contributed by atoms with Crippen molar-refractivity contribution < 1.29 is 88.6 Å². The number of nitrogens with two attached hydrogens (primary N) is 3. The molecular weight excluding hydrogens is 668 g/mol. The zero-order valence-corrected chi connectivity index (χ0v) is 26.8. The fraction of sp³-hybridized carbons (Fsp3) is 0.963. The normalized spacial score (nSPS) is 49.4. The average molecular weight is 719 g/mol. The molecule has 286 valence electrons. The molecule has 1 amide bonds. The Balaban J connectivity index is 1.51. The van der Waals surface area contributed by atoms with Crippen LogP contribution in [-0.4, -0.2) is 208 Å². The minimum atomic E-state index is -1.72. The molecule has 22 nitrogen and oxygen atoms in total. The second-order valence-corrected chi connectivity index (χ2v) is 12.3. The predicted molar refractivity (Wildman–Crippen MR) is 156 cm³/mol. The fourth-order valence-corrected chi connectivity index (χ4v) is 6.35. The number of hydrogen-bond donors (Lipinski definition) is 13. The Hall–Kier alpha value is -1.33. The molecule has 4 heterocycles.